The zero-order valence-electron chi connectivity index (χ0n) is 15.5. The standard InChI is InChI=1S/C21H24N2O4/c1-26-18-9-7-13(12-19(18)27-2)20-15(5-3-4-10-22)16-11-14(21(24)25)6-8-17(16)23-20/h6-9,11-12,23H,3-5,10,22H2,1-2H3,(H,24,25). The lowest BCUT2D eigenvalue weighted by molar-refractivity contribution is 0.0697. The van der Waals surface area contributed by atoms with Gasteiger partial charge in [-0.25, -0.2) is 4.79 Å². The minimum absolute atomic E-state index is 0.278. The number of aryl methyl sites for hydroxylation is 1. The zero-order chi connectivity index (χ0) is 19.4. The van der Waals surface area contributed by atoms with Crippen LogP contribution in [0.3, 0.4) is 0 Å². The van der Waals surface area contributed by atoms with E-state index in [1.807, 2.05) is 24.3 Å². The van der Waals surface area contributed by atoms with Gasteiger partial charge in [0.1, 0.15) is 0 Å². The van der Waals surface area contributed by atoms with Crippen LogP contribution in [0, 0.1) is 0 Å². The Balaban J connectivity index is 2.15. The van der Waals surface area contributed by atoms with E-state index in [1.54, 1.807) is 26.4 Å². The van der Waals surface area contributed by atoms with Crippen molar-refractivity contribution in [2.75, 3.05) is 20.8 Å². The number of nitrogens with two attached hydrogens (primary N) is 1. The van der Waals surface area contributed by atoms with Gasteiger partial charge in [-0.2, -0.15) is 0 Å². The summed E-state index contributed by atoms with van der Waals surface area (Å²) in [5, 5.41) is 10.3. The number of nitrogens with one attached hydrogen (secondary N) is 1. The fraction of sp³-hybridized carbons (Fsp3) is 0.286. The minimum atomic E-state index is -0.932. The SMILES string of the molecule is COc1ccc(-c2[nH]c3ccc(C(=O)O)cc3c2CCCCN)cc1OC. The molecule has 3 rings (SSSR count). The number of methoxy groups -OCH3 is 2. The van der Waals surface area contributed by atoms with Crippen molar-refractivity contribution in [3.63, 3.8) is 0 Å². The molecule has 6 heteroatoms. The highest BCUT2D eigenvalue weighted by molar-refractivity contribution is 5.97. The van der Waals surface area contributed by atoms with E-state index in [1.165, 1.54) is 0 Å². The summed E-state index contributed by atoms with van der Waals surface area (Å²) in [6, 6.07) is 10.9. The Morgan fingerprint density at radius 1 is 1.07 bits per heavy atom. The molecule has 0 bridgehead atoms. The van der Waals surface area contributed by atoms with Gasteiger partial charge in [0.05, 0.1) is 19.8 Å². The first-order valence-electron chi connectivity index (χ1n) is 8.89. The summed E-state index contributed by atoms with van der Waals surface area (Å²) in [6.45, 7) is 0.633. The maximum Gasteiger partial charge on any atom is 0.335 e. The van der Waals surface area contributed by atoms with E-state index in [0.717, 1.165) is 47.0 Å². The van der Waals surface area contributed by atoms with E-state index in [0.29, 0.717) is 18.0 Å². The highest BCUT2D eigenvalue weighted by atomic mass is 16.5. The van der Waals surface area contributed by atoms with Crippen molar-refractivity contribution in [1.82, 2.24) is 4.98 Å². The molecule has 142 valence electrons. The molecule has 0 aliphatic heterocycles. The molecule has 1 aromatic heterocycles. The smallest absolute Gasteiger partial charge is 0.335 e. The van der Waals surface area contributed by atoms with Crippen LogP contribution in [0.15, 0.2) is 36.4 Å². The highest BCUT2D eigenvalue weighted by Crippen LogP contribution is 2.36. The number of unbranched alkanes of at least 4 members (excludes halogenated alkanes) is 1. The van der Waals surface area contributed by atoms with Crippen molar-refractivity contribution in [1.29, 1.82) is 0 Å². The third-order valence-corrected chi connectivity index (χ3v) is 4.71. The zero-order valence-corrected chi connectivity index (χ0v) is 15.5. The van der Waals surface area contributed by atoms with Gasteiger partial charge in [-0.1, -0.05) is 0 Å². The molecule has 0 amide bonds. The molecule has 4 N–H and O–H groups in total. The topological polar surface area (TPSA) is 97.6 Å². The lowest BCUT2D eigenvalue weighted by Crippen LogP contribution is -2.00. The van der Waals surface area contributed by atoms with Crippen LogP contribution in [-0.2, 0) is 6.42 Å². The van der Waals surface area contributed by atoms with Crippen molar-refractivity contribution in [2.24, 2.45) is 5.73 Å². The number of carboxylic acid groups (broad SMARTS) is 1. The first-order chi connectivity index (χ1) is 13.1. The molecule has 27 heavy (non-hydrogen) atoms. The number of hydrogen-bond acceptors (Lipinski definition) is 4. The van der Waals surface area contributed by atoms with Crippen molar-refractivity contribution in [3.8, 4) is 22.8 Å². The number of carboxylic acids is 1. The van der Waals surface area contributed by atoms with E-state index in [-0.39, 0.29) is 5.56 Å². The van der Waals surface area contributed by atoms with Crippen LogP contribution in [-0.4, -0.2) is 36.8 Å². The fourth-order valence-electron chi connectivity index (χ4n) is 3.32. The largest absolute Gasteiger partial charge is 0.493 e. The lowest BCUT2D eigenvalue weighted by Gasteiger charge is -2.10. The second kappa shape index (κ2) is 8.14. The number of ether oxygens (including phenoxy) is 2. The van der Waals surface area contributed by atoms with E-state index in [2.05, 4.69) is 4.98 Å². The van der Waals surface area contributed by atoms with Gasteiger partial charge >= 0.3 is 5.97 Å². The molecule has 0 radical (unpaired) electrons. The van der Waals surface area contributed by atoms with Crippen LogP contribution in [0.5, 0.6) is 11.5 Å². The van der Waals surface area contributed by atoms with Crippen LogP contribution in [0.1, 0.15) is 28.8 Å². The molecule has 0 aliphatic rings. The first-order valence-corrected chi connectivity index (χ1v) is 8.89. The van der Waals surface area contributed by atoms with Gasteiger partial charge in [0.25, 0.3) is 0 Å². The van der Waals surface area contributed by atoms with Crippen LogP contribution in [0.25, 0.3) is 22.2 Å². The van der Waals surface area contributed by atoms with E-state index >= 15 is 0 Å². The summed E-state index contributed by atoms with van der Waals surface area (Å²) in [6.07, 6.45) is 2.65. The molecular weight excluding hydrogens is 344 g/mol. The number of carbonyl (C=O) groups is 1. The van der Waals surface area contributed by atoms with Crippen LogP contribution in [0.4, 0.5) is 0 Å². The van der Waals surface area contributed by atoms with Gasteiger partial charge < -0.3 is 25.3 Å². The van der Waals surface area contributed by atoms with Gasteiger partial charge in [-0.05, 0) is 67.8 Å². The monoisotopic (exact) mass is 368 g/mol. The molecule has 0 saturated carbocycles. The third kappa shape index (κ3) is 3.75. The van der Waals surface area contributed by atoms with Crippen molar-refractivity contribution < 1.29 is 19.4 Å². The summed E-state index contributed by atoms with van der Waals surface area (Å²) < 4.78 is 10.8. The predicted octanol–water partition coefficient (Wildman–Crippen LogP) is 3.83. The molecule has 0 aliphatic carbocycles. The number of benzene rings is 2. The molecule has 1 heterocycles. The average molecular weight is 368 g/mol. The quantitative estimate of drug-likeness (QED) is 0.525. The molecule has 2 aromatic carbocycles. The molecule has 0 saturated heterocycles. The number of fused-ring (bicyclic) bond motifs is 1. The van der Waals surface area contributed by atoms with Crippen molar-refractivity contribution in [3.05, 3.63) is 47.5 Å². The third-order valence-electron chi connectivity index (χ3n) is 4.71. The summed E-state index contributed by atoms with van der Waals surface area (Å²) in [5.41, 5.74) is 9.85. The molecule has 3 aromatic rings. The maximum atomic E-state index is 11.4. The van der Waals surface area contributed by atoms with E-state index < -0.39 is 5.97 Å². The van der Waals surface area contributed by atoms with Gasteiger partial charge in [-0.15, -0.1) is 0 Å². The maximum absolute atomic E-state index is 11.4. The van der Waals surface area contributed by atoms with E-state index in [9.17, 15) is 9.90 Å². The Kier molecular flexibility index (Phi) is 5.66. The second-order valence-corrected chi connectivity index (χ2v) is 6.36. The second-order valence-electron chi connectivity index (χ2n) is 6.36. The van der Waals surface area contributed by atoms with Crippen molar-refractivity contribution in [2.45, 2.75) is 19.3 Å². The fourth-order valence-corrected chi connectivity index (χ4v) is 3.32. The Morgan fingerprint density at radius 3 is 2.52 bits per heavy atom. The Hall–Kier alpha value is -2.99. The molecule has 0 fully saturated rings. The molecular formula is C21H24N2O4. The molecule has 0 spiro atoms. The minimum Gasteiger partial charge on any atom is -0.493 e. The number of hydrogen-bond donors (Lipinski definition) is 3. The number of rotatable bonds is 8. The number of aromatic carboxylic acids is 1. The van der Waals surface area contributed by atoms with E-state index in [4.69, 9.17) is 15.2 Å². The number of aromatic nitrogens is 1. The average Bonchev–Trinajstić information content (AvgIpc) is 3.05. The lowest BCUT2D eigenvalue weighted by atomic mass is 9.99. The summed E-state index contributed by atoms with van der Waals surface area (Å²) in [4.78, 5) is 14.8. The highest BCUT2D eigenvalue weighted by Gasteiger charge is 2.16. The number of aromatic amines is 1. The van der Waals surface area contributed by atoms with Gasteiger partial charge in [-0.3, -0.25) is 0 Å². The normalized spacial score (nSPS) is 10.9. The first kappa shape index (κ1) is 18.8. The predicted molar refractivity (Wildman–Crippen MR) is 106 cm³/mol. The van der Waals surface area contributed by atoms with Crippen molar-refractivity contribution >= 4 is 16.9 Å². The van der Waals surface area contributed by atoms with Crippen LogP contribution in [0.2, 0.25) is 0 Å². The molecule has 6 nitrogen and oxygen atoms in total. The Morgan fingerprint density at radius 2 is 1.85 bits per heavy atom. The van der Waals surface area contributed by atoms with Crippen LogP contribution < -0.4 is 15.2 Å². The van der Waals surface area contributed by atoms with Gasteiger partial charge in [0.2, 0.25) is 0 Å². The Labute approximate surface area is 157 Å². The van der Waals surface area contributed by atoms with Crippen LogP contribution >= 0.6 is 0 Å². The summed E-state index contributed by atoms with van der Waals surface area (Å²) >= 11 is 0. The Bertz CT molecular complexity index is 962. The summed E-state index contributed by atoms with van der Waals surface area (Å²) in [5.74, 6) is 0.377. The van der Waals surface area contributed by atoms with Gasteiger partial charge in [0.15, 0.2) is 11.5 Å². The molecule has 0 atom stereocenters. The summed E-state index contributed by atoms with van der Waals surface area (Å²) in [7, 11) is 3.21. The van der Waals surface area contributed by atoms with Gasteiger partial charge in [0, 0.05) is 22.2 Å². The molecule has 0 unspecified atom stereocenters. The number of H-pyrrole nitrogens is 1.